The first-order valence-electron chi connectivity index (χ1n) is 21.2. The summed E-state index contributed by atoms with van der Waals surface area (Å²) < 4.78 is 50.9. The second kappa shape index (κ2) is 22.0. The van der Waals surface area contributed by atoms with Crippen molar-refractivity contribution < 1.29 is 52.6 Å². The number of rotatable bonds is 17. The molecule has 10 atom stereocenters. The van der Waals surface area contributed by atoms with Gasteiger partial charge in [0.05, 0.1) is 45.1 Å². The lowest BCUT2D eigenvalue weighted by Crippen LogP contribution is -2.67. The summed E-state index contributed by atoms with van der Waals surface area (Å²) in [6, 6.07) is 49.9. The molecule has 0 saturated carbocycles. The summed E-state index contributed by atoms with van der Waals surface area (Å²) >= 11 is 1.26. The second-order valence-corrected chi connectivity index (χ2v) is 16.7. The molecule has 0 spiro atoms. The number of ether oxygens (including phenoxy) is 8. The van der Waals surface area contributed by atoms with Crippen LogP contribution in [0.4, 0.5) is 0 Å². The quantitative estimate of drug-likeness (QED) is 0.0886. The van der Waals surface area contributed by atoms with Crippen LogP contribution < -0.4 is 5.73 Å². The maximum absolute atomic E-state index is 14.0. The number of methoxy groups -OCH3 is 1. The van der Waals surface area contributed by atoms with Crippen molar-refractivity contribution in [3.05, 3.63) is 186 Å². The topological polar surface area (TPSA) is 154 Å². The normalized spacial score (nSPS) is 25.7. The van der Waals surface area contributed by atoms with Crippen LogP contribution in [0.2, 0.25) is 0 Å². The third-order valence-electron chi connectivity index (χ3n) is 11.1. The molecule has 2 heterocycles. The van der Waals surface area contributed by atoms with E-state index in [0.29, 0.717) is 5.56 Å². The van der Waals surface area contributed by atoms with Gasteiger partial charge in [-0.1, -0.05) is 145 Å². The first-order valence-corrected chi connectivity index (χ1v) is 22.0. The van der Waals surface area contributed by atoms with Crippen LogP contribution in [-0.2, 0) is 62.5 Å². The molecule has 2 saturated heterocycles. The molecule has 2 aliphatic heterocycles. The summed E-state index contributed by atoms with van der Waals surface area (Å²) in [6.07, 6.45) is -9.68. The number of esters is 2. The van der Waals surface area contributed by atoms with E-state index < -0.39 is 72.4 Å². The van der Waals surface area contributed by atoms with Gasteiger partial charge in [0, 0.05) is 4.90 Å². The first kappa shape index (κ1) is 45.1. The number of aliphatic hydroxyl groups excluding tert-OH is 1. The lowest BCUT2D eigenvalue weighted by molar-refractivity contribution is -0.320. The number of aliphatic hydroxyl groups is 1. The van der Waals surface area contributed by atoms with Gasteiger partial charge in [0.1, 0.15) is 36.0 Å². The fourth-order valence-corrected chi connectivity index (χ4v) is 8.89. The Balaban J connectivity index is 1.12. The minimum Gasteiger partial charge on any atom is -0.467 e. The summed E-state index contributed by atoms with van der Waals surface area (Å²) in [6.45, 7) is 0.347. The van der Waals surface area contributed by atoms with Crippen LogP contribution in [0.3, 0.4) is 0 Å². The fourth-order valence-electron chi connectivity index (χ4n) is 7.79. The molecule has 0 unspecified atom stereocenters. The van der Waals surface area contributed by atoms with Crippen molar-refractivity contribution >= 4 is 34.5 Å². The lowest BCUT2D eigenvalue weighted by Gasteiger charge is -2.48. The zero-order chi connectivity index (χ0) is 44.3. The van der Waals surface area contributed by atoms with E-state index in [1.54, 1.807) is 30.3 Å². The number of hydrogen-bond donors (Lipinski definition) is 2. The van der Waals surface area contributed by atoms with Crippen LogP contribution in [0.5, 0.6) is 0 Å². The molecule has 2 aliphatic rings. The van der Waals surface area contributed by atoms with E-state index >= 15 is 0 Å². The van der Waals surface area contributed by atoms with Crippen molar-refractivity contribution in [1.29, 1.82) is 0 Å². The molecule has 13 heteroatoms. The van der Waals surface area contributed by atoms with Gasteiger partial charge >= 0.3 is 11.9 Å². The van der Waals surface area contributed by atoms with E-state index in [1.165, 1.54) is 18.9 Å². The van der Waals surface area contributed by atoms with Crippen molar-refractivity contribution in [2.75, 3.05) is 13.7 Å². The Hall–Kier alpha value is -5.45. The fraction of sp³-hybridized carbons (Fsp3) is 0.294. The lowest BCUT2D eigenvalue weighted by atomic mass is 9.95. The Morgan fingerprint density at radius 2 is 1.23 bits per heavy atom. The van der Waals surface area contributed by atoms with Crippen LogP contribution in [-0.4, -0.2) is 91.3 Å². The zero-order valence-corrected chi connectivity index (χ0v) is 36.0. The minimum atomic E-state index is -1.42. The van der Waals surface area contributed by atoms with Crippen LogP contribution in [0.1, 0.15) is 27.0 Å². The van der Waals surface area contributed by atoms with Crippen molar-refractivity contribution in [3.8, 4) is 0 Å². The van der Waals surface area contributed by atoms with E-state index in [0.717, 1.165) is 32.4 Å². The molecule has 6 aromatic rings. The maximum Gasteiger partial charge on any atom is 0.338 e. The molecule has 2 fully saturated rings. The van der Waals surface area contributed by atoms with E-state index in [4.69, 9.17) is 43.6 Å². The Morgan fingerprint density at radius 1 is 0.641 bits per heavy atom. The average Bonchev–Trinajstić information content (AvgIpc) is 3.34. The van der Waals surface area contributed by atoms with Gasteiger partial charge in [0.25, 0.3) is 0 Å². The molecular weight excluding hydrogens is 835 g/mol. The maximum atomic E-state index is 14.0. The number of carbonyl (C=O) groups excluding carboxylic acids is 2. The summed E-state index contributed by atoms with van der Waals surface area (Å²) in [4.78, 5) is 28.6. The second-order valence-electron chi connectivity index (χ2n) is 15.5. The smallest absolute Gasteiger partial charge is 0.338 e. The van der Waals surface area contributed by atoms with Crippen LogP contribution in [0.15, 0.2) is 169 Å². The van der Waals surface area contributed by atoms with E-state index in [2.05, 4.69) is 6.07 Å². The number of fused-ring (bicyclic) bond motifs is 1. The number of nitrogens with two attached hydrogens (primary N) is 1. The SMILES string of the molecule is COC(=O)[C@H]1O[C@@H](Sc2ccccc2)[C@H](OC(=O)c2ccccc2)[C@@H](OCc2ccccc2)[C@@H]1O[C@H]1O[C@H](COCc2ccc3ccccc3c2)[C@@H](O)[C@H](OCc2ccccc2)[C@H]1N. The van der Waals surface area contributed by atoms with E-state index in [9.17, 15) is 14.7 Å². The largest absolute Gasteiger partial charge is 0.467 e. The van der Waals surface area contributed by atoms with Gasteiger partial charge in [-0.2, -0.15) is 0 Å². The third-order valence-corrected chi connectivity index (χ3v) is 12.3. The molecule has 0 aliphatic carbocycles. The molecular formula is C51H51NO11S. The Kier molecular flexibility index (Phi) is 15.5. The van der Waals surface area contributed by atoms with Gasteiger partial charge in [-0.05, 0) is 57.8 Å². The summed E-state index contributed by atoms with van der Waals surface area (Å²) in [5.74, 6) is -1.40. The van der Waals surface area contributed by atoms with Gasteiger partial charge in [-0.3, -0.25) is 0 Å². The highest BCUT2D eigenvalue weighted by atomic mass is 32.2. The van der Waals surface area contributed by atoms with Crippen molar-refractivity contribution in [2.24, 2.45) is 5.73 Å². The predicted octanol–water partition coefficient (Wildman–Crippen LogP) is 7.24. The molecule has 0 amide bonds. The monoisotopic (exact) mass is 885 g/mol. The Bertz CT molecular complexity index is 2400. The van der Waals surface area contributed by atoms with Crippen LogP contribution >= 0.6 is 11.8 Å². The van der Waals surface area contributed by atoms with Gasteiger partial charge in [-0.15, -0.1) is 0 Å². The predicted molar refractivity (Wildman–Crippen MR) is 240 cm³/mol. The first-order chi connectivity index (χ1) is 31.3. The van der Waals surface area contributed by atoms with Crippen molar-refractivity contribution in [1.82, 2.24) is 0 Å². The number of hydrogen-bond acceptors (Lipinski definition) is 13. The van der Waals surface area contributed by atoms with Gasteiger partial charge in [0.15, 0.2) is 18.5 Å². The molecule has 0 radical (unpaired) electrons. The highest BCUT2D eigenvalue weighted by molar-refractivity contribution is 7.99. The summed E-state index contributed by atoms with van der Waals surface area (Å²) in [5, 5.41) is 14.0. The zero-order valence-electron chi connectivity index (χ0n) is 35.2. The summed E-state index contributed by atoms with van der Waals surface area (Å²) in [7, 11) is 1.25. The van der Waals surface area contributed by atoms with Gasteiger partial charge in [0.2, 0.25) is 0 Å². The Morgan fingerprint density at radius 3 is 1.89 bits per heavy atom. The van der Waals surface area contributed by atoms with Crippen LogP contribution in [0, 0.1) is 0 Å². The third kappa shape index (κ3) is 11.2. The number of carbonyl (C=O) groups is 2. The van der Waals surface area contributed by atoms with E-state index in [-0.39, 0.29) is 26.4 Å². The standard InChI is InChI=1S/C51H51NO11S/c1-56-49(55)46-45(44(59-31-34-18-8-3-9-19-34)47(61-48(54)37-21-10-4-11-22-37)51(63-46)64-39-24-12-5-13-25-39)62-50-41(52)43(58-30-33-16-6-2-7-17-33)42(53)40(60-50)32-57-29-35-26-27-36-20-14-15-23-38(36)28-35/h2-28,40-47,50-51,53H,29-32,52H2,1H3/t40-,41-,42-,43-,44+,45+,46+,47-,50-,51+/m1/s1. The van der Waals surface area contributed by atoms with Crippen molar-refractivity contribution in [2.45, 2.75) is 85.2 Å². The van der Waals surface area contributed by atoms with E-state index in [1.807, 2.05) is 127 Å². The molecule has 3 N–H and O–H groups in total. The molecule has 0 bridgehead atoms. The highest BCUT2D eigenvalue weighted by Crippen LogP contribution is 2.40. The van der Waals surface area contributed by atoms with Gasteiger partial charge in [-0.25, -0.2) is 9.59 Å². The highest BCUT2D eigenvalue weighted by Gasteiger charge is 2.56. The minimum absolute atomic E-state index is 0.0473. The average molecular weight is 886 g/mol. The Labute approximate surface area is 376 Å². The van der Waals surface area contributed by atoms with Crippen molar-refractivity contribution in [3.63, 3.8) is 0 Å². The summed E-state index contributed by atoms with van der Waals surface area (Å²) in [5.41, 5.74) is 8.88. The molecule has 64 heavy (non-hydrogen) atoms. The number of benzene rings is 6. The molecule has 332 valence electrons. The number of thioether (sulfide) groups is 1. The molecule has 6 aromatic carbocycles. The van der Waals surface area contributed by atoms with Gasteiger partial charge < -0.3 is 48.7 Å². The molecule has 0 aromatic heterocycles. The molecule has 12 nitrogen and oxygen atoms in total. The molecule has 8 rings (SSSR count). The van der Waals surface area contributed by atoms with Crippen LogP contribution in [0.25, 0.3) is 10.8 Å².